The van der Waals surface area contributed by atoms with Crippen LogP contribution in [0.1, 0.15) is 6.23 Å². The number of rotatable bonds is 2. The number of hydrogen-bond acceptors (Lipinski definition) is 7. The van der Waals surface area contributed by atoms with Crippen molar-refractivity contribution in [1.29, 1.82) is 0 Å². The third kappa shape index (κ3) is 1.88. The first-order valence-corrected chi connectivity index (χ1v) is 5.97. The monoisotopic (exact) mass is 286 g/mol. The fourth-order valence-corrected chi connectivity index (χ4v) is 2.34. The number of halogens is 1. The largest absolute Gasteiger partial charge is 0.394 e. The Morgan fingerprint density at radius 3 is 2.84 bits per heavy atom. The highest BCUT2D eigenvalue weighted by Gasteiger charge is 2.43. The molecule has 8 nitrogen and oxygen atoms in total. The summed E-state index contributed by atoms with van der Waals surface area (Å²) < 4.78 is 6.91. The third-order valence-corrected chi connectivity index (χ3v) is 3.40. The van der Waals surface area contributed by atoms with Crippen LogP contribution in [0.4, 0.5) is 0 Å². The zero-order chi connectivity index (χ0) is 13.6. The molecule has 1 fully saturated rings. The highest BCUT2D eigenvalue weighted by molar-refractivity contribution is 6.33. The summed E-state index contributed by atoms with van der Waals surface area (Å²) >= 11 is 5.86. The SMILES string of the molecule is OC[C@H]1O[C@@H](n2cnc3c(Cl)nncc32)[C@H](O)[C@@H]1O. The average Bonchev–Trinajstić information content (AvgIpc) is 2.94. The summed E-state index contributed by atoms with van der Waals surface area (Å²) in [7, 11) is 0. The Hall–Kier alpha value is -1.32. The minimum absolute atomic E-state index is 0.142. The predicted molar refractivity (Wildman–Crippen MR) is 63.3 cm³/mol. The van der Waals surface area contributed by atoms with Crippen LogP contribution in [0, 0.1) is 0 Å². The van der Waals surface area contributed by atoms with E-state index >= 15 is 0 Å². The van der Waals surface area contributed by atoms with E-state index in [2.05, 4.69) is 15.2 Å². The Morgan fingerprint density at radius 1 is 1.37 bits per heavy atom. The van der Waals surface area contributed by atoms with Gasteiger partial charge >= 0.3 is 0 Å². The minimum atomic E-state index is -1.18. The fourth-order valence-electron chi connectivity index (χ4n) is 2.15. The molecule has 1 aliphatic heterocycles. The molecule has 102 valence electrons. The van der Waals surface area contributed by atoms with E-state index in [-0.39, 0.29) is 11.8 Å². The molecule has 0 spiro atoms. The van der Waals surface area contributed by atoms with Gasteiger partial charge in [0.15, 0.2) is 11.4 Å². The second-order valence-corrected chi connectivity index (χ2v) is 4.61. The van der Waals surface area contributed by atoms with E-state index in [4.69, 9.17) is 21.4 Å². The van der Waals surface area contributed by atoms with Crippen LogP contribution in [-0.4, -0.2) is 60.0 Å². The predicted octanol–water partition coefficient (Wildman–Crippen LogP) is -0.909. The van der Waals surface area contributed by atoms with Crippen molar-refractivity contribution in [2.24, 2.45) is 0 Å². The lowest BCUT2D eigenvalue weighted by atomic mass is 10.1. The molecule has 3 heterocycles. The van der Waals surface area contributed by atoms with Crippen molar-refractivity contribution < 1.29 is 20.1 Å². The number of fused-ring (bicyclic) bond motifs is 1. The number of hydrogen-bond donors (Lipinski definition) is 3. The van der Waals surface area contributed by atoms with Crippen LogP contribution in [-0.2, 0) is 4.74 Å². The number of imidazole rings is 1. The van der Waals surface area contributed by atoms with Gasteiger partial charge in [-0.3, -0.25) is 4.57 Å². The molecule has 0 bridgehead atoms. The van der Waals surface area contributed by atoms with E-state index in [1.165, 1.54) is 17.1 Å². The maximum Gasteiger partial charge on any atom is 0.179 e. The molecular weight excluding hydrogens is 276 g/mol. The van der Waals surface area contributed by atoms with Gasteiger partial charge in [-0.05, 0) is 0 Å². The molecule has 1 saturated heterocycles. The topological polar surface area (TPSA) is 114 Å². The Morgan fingerprint density at radius 2 is 2.16 bits per heavy atom. The quantitative estimate of drug-likeness (QED) is 0.655. The highest BCUT2D eigenvalue weighted by atomic mass is 35.5. The summed E-state index contributed by atoms with van der Waals surface area (Å²) in [5.74, 6) is 0. The van der Waals surface area contributed by atoms with Crippen molar-refractivity contribution in [1.82, 2.24) is 19.7 Å². The van der Waals surface area contributed by atoms with Gasteiger partial charge < -0.3 is 20.1 Å². The molecule has 0 unspecified atom stereocenters. The van der Waals surface area contributed by atoms with Gasteiger partial charge in [-0.2, -0.15) is 5.10 Å². The zero-order valence-corrected chi connectivity index (χ0v) is 10.3. The first-order valence-electron chi connectivity index (χ1n) is 5.59. The van der Waals surface area contributed by atoms with Crippen molar-refractivity contribution in [3.8, 4) is 0 Å². The summed E-state index contributed by atoms with van der Waals surface area (Å²) in [4.78, 5) is 4.07. The Kier molecular flexibility index (Phi) is 3.11. The van der Waals surface area contributed by atoms with E-state index in [0.717, 1.165) is 0 Å². The molecule has 0 saturated carbocycles. The zero-order valence-electron chi connectivity index (χ0n) is 9.59. The Balaban J connectivity index is 2.04. The molecule has 3 N–H and O–H groups in total. The number of aliphatic hydroxyl groups excluding tert-OH is 3. The Bertz CT molecular complexity index is 606. The molecule has 0 amide bonds. The van der Waals surface area contributed by atoms with E-state index in [1.807, 2.05) is 0 Å². The van der Waals surface area contributed by atoms with Crippen molar-refractivity contribution >= 4 is 22.6 Å². The number of ether oxygens (including phenoxy) is 1. The molecule has 0 aromatic carbocycles. The van der Waals surface area contributed by atoms with Crippen LogP contribution >= 0.6 is 11.6 Å². The van der Waals surface area contributed by atoms with Gasteiger partial charge in [0.1, 0.15) is 23.8 Å². The van der Waals surface area contributed by atoms with Crippen molar-refractivity contribution in [3.63, 3.8) is 0 Å². The van der Waals surface area contributed by atoms with Crippen molar-refractivity contribution in [2.75, 3.05) is 6.61 Å². The molecule has 1 aliphatic rings. The highest BCUT2D eigenvalue weighted by Crippen LogP contribution is 2.32. The molecule has 0 radical (unpaired) electrons. The van der Waals surface area contributed by atoms with Gasteiger partial charge in [-0.25, -0.2) is 4.98 Å². The van der Waals surface area contributed by atoms with Gasteiger partial charge in [0, 0.05) is 0 Å². The molecule has 9 heteroatoms. The maximum absolute atomic E-state index is 9.96. The molecule has 0 aliphatic carbocycles. The summed E-state index contributed by atoms with van der Waals surface area (Å²) in [6.07, 6.45) is -1.21. The lowest BCUT2D eigenvalue weighted by molar-refractivity contribution is -0.0509. The number of aliphatic hydroxyl groups is 3. The number of nitrogens with zero attached hydrogens (tertiary/aromatic N) is 4. The lowest BCUT2D eigenvalue weighted by Crippen LogP contribution is -2.33. The first kappa shape index (κ1) is 12.7. The molecule has 3 rings (SSSR count). The molecular formula is C10H11ClN4O4. The van der Waals surface area contributed by atoms with Crippen LogP contribution in [0.2, 0.25) is 5.15 Å². The summed E-state index contributed by atoms with van der Waals surface area (Å²) in [6.45, 7) is -0.387. The van der Waals surface area contributed by atoms with Gasteiger partial charge in [-0.1, -0.05) is 11.6 Å². The van der Waals surface area contributed by atoms with Crippen LogP contribution < -0.4 is 0 Å². The molecule has 2 aromatic rings. The molecule has 19 heavy (non-hydrogen) atoms. The third-order valence-electron chi connectivity index (χ3n) is 3.14. The second-order valence-electron chi connectivity index (χ2n) is 4.25. The standard InChI is InChI=1S/C10H11ClN4O4/c11-9-6-4(1-13-14-9)15(3-12-6)10-8(18)7(17)5(2-16)19-10/h1,3,5,7-8,10,16-18H,2H2/t5-,7-,8-,10-/m1/s1. The van der Waals surface area contributed by atoms with Crippen molar-refractivity contribution in [2.45, 2.75) is 24.5 Å². The molecule has 2 aromatic heterocycles. The van der Waals surface area contributed by atoms with E-state index in [0.29, 0.717) is 11.0 Å². The van der Waals surface area contributed by atoms with Crippen LogP contribution in [0.25, 0.3) is 11.0 Å². The minimum Gasteiger partial charge on any atom is -0.394 e. The van der Waals surface area contributed by atoms with Gasteiger partial charge in [0.05, 0.1) is 24.6 Å². The normalized spacial score (nSPS) is 31.2. The van der Waals surface area contributed by atoms with Crippen LogP contribution in [0.5, 0.6) is 0 Å². The summed E-state index contributed by atoms with van der Waals surface area (Å²) in [5.41, 5.74) is 0.948. The van der Waals surface area contributed by atoms with Gasteiger partial charge in [0.2, 0.25) is 0 Å². The van der Waals surface area contributed by atoms with Crippen molar-refractivity contribution in [3.05, 3.63) is 17.7 Å². The smallest absolute Gasteiger partial charge is 0.179 e. The molecule has 4 atom stereocenters. The Labute approximate surface area is 112 Å². The fraction of sp³-hybridized carbons (Fsp3) is 0.500. The van der Waals surface area contributed by atoms with Crippen LogP contribution in [0.15, 0.2) is 12.5 Å². The second kappa shape index (κ2) is 4.66. The first-order chi connectivity index (χ1) is 9.13. The maximum atomic E-state index is 9.96. The van der Waals surface area contributed by atoms with Crippen LogP contribution in [0.3, 0.4) is 0 Å². The lowest BCUT2D eigenvalue weighted by Gasteiger charge is -2.16. The average molecular weight is 287 g/mol. The van der Waals surface area contributed by atoms with E-state index < -0.39 is 24.5 Å². The van der Waals surface area contributed by atoms with E-state index in [9.17, 15) is 10.2 Å². The van der Waals surface area contributed by atoms with E-state index in [1.54, 1.807) is 0 Å². The number of aromatic nitrogens is 4. The summed E-state index contributed by atoms with van der Waals surface area (Å²) in [6, 6.07) is 0. The van der Waals surface area contributed by atoms with Gasteiger partial charge in [-0.15, -0.1) is 5.10 Å². The summed E-state index contributed by atoms with van der Waals surface area (Å²) in [5, 5.41) is 36.3. The van der Waals surface area contributed by atoms with Gasteiger partial charge in [0.25, 0.3) is 0 Å².